The zero-order valence-electron chi connectivity index (χ0n) is 14.1. The van der Waals surface area contributed by atoms with Gasteiger partial charge in [-0.25, -0.2) is 0 Å². The fraction of sp³-hybridized carbons (Fsp3) is 0.316. The molecule has 0 fully saturated rings. The van der Waals surface area contributed by atoms with Crippen molar-refractivity contribution in [1.29, 1.82) is 0 Å². The van der Waals surface area contributed by atoms with Crippen LogP contribution < -0.4 is 14.8 Å². The van der Waals surface area contributed by atoms with Crippen LogP contribution in [0.25, 0.3) is 0 Å². The first kappa shape index (κ1) is 16.9. The third kappa shape index (κ3) is 4.49. The summed E-state index contributed by atoms with van der Waals surface area (Å²) in [6, 6.07) is 13.2. The summed E-state index contributed by atoms with van der Waals surface area (Å²) in [4.78, 5) is 12.5. The van der Waals surface area contributed by atoms with Gasteiger partial charge in [-0.3, -0.25) is 4.79 Å². The highest BCUT2D eigenvalue weighted by Gasteiger charge is 2.19. The first-order valence-corrected chi connectivity index (χ1v) is 7.72. The Morgan fingerprint density at radius 2 is 1.87 bits per heavy atom. The van der Waals surface area contributed by atoms with Crippen LogP contribution in [-0.4, -0.2) is 19.1 Å². The van der Waals surface area contributed by atoms with Crippen molar-refractivity contribution in [1.82, 2.24) is 0 Å². The smallest absolute Gasteiger partial charge is 0.265 e. The fourth-order valence-corrected chi connectivity index (χ4v) is 2.33. The number of hydrogen-bond donors (Lipinski definition) is 1. The second kappa shape index (κ2) is 7.68. The lowest BCUT2D eigenvalue weighted by Crippen LogP contribution is -2.32. The molecule has 1 atom stereocenters. The monoisotopic (exact) mass is 313 g/mol. The minimum absolute atomic E-state index is 0.151. The highest BCUT2D eigenvalue weighted by atomic mass is 16.5. The van der Waals surface area contributed by atoms with Crippen molar-refractivity contribution >= 4 is 11.6 Å². The van der Waals surface area contributed by atoms with Crippen molar-refractivity contribution < 1.29 is 14.3 Å². The van der Waals surface area contributed by atoms with Crippen LogP contribution in [0.1, 0.15) is 24.5 Å². The first-order valence-electron chi connectivity index (χ1n) is 7.72. The maximum Gasteiger partial charge on any atom is 0.265 e. The van der Waals surface area contributed by atoms with Gasteiger partial charge in [-0.2, -0.15) is 0 Å². The Hall–Kier alpha value is -2.49. The Bertz CT molecular complexity index is 682. The molecule has 4 nitrogen and oxygen atoms in total. The molecule has 0 aliphatic rings. The van der Waals surface area contributed by atoms with Crippen molar-refractivity contribution in [2.24, 2.45) is 0 Å². The van der Waals surface area contributed by atoms with Crippen molar-refractivity contribution in [3.8, 4) is 11.5 Å². The maximum atomic E-state index is 12.5. The van der Waals surface area contributed by atoms with E-state index >= 15 is 0 Å². The predicted molar refractivity (Wildman–Crippen MR) is 92.2 cm³/mol. The minimum Gasteiger partial charge on any atom is -0.497 e. The van der Waals surface area contributed by atoms with E-state index in [0.29, 0.717) is 17.9 Å². The molecule has 0 radical (unpaired) electrons. The second-order valence-electron chi connectivity index (χ2n) is 5.50. The van der Waals surface area contributed by atoms with Crippen LogP contribution in [0.5, 0.6) is 11.5 Å². The Morgan fingerprint density at radius 3 is 2.52 bits per heavy atom. The van der Waals surface area contributed by atoms with Crippen LogP contribution in [0.4, 0.5) is 5.69 Å². The predicted octanol–water partition coefficient (Wildman–Crippen LogP) is 4.11. The van der Waals surface area contributed by atoms with Crippen LogP contribution in [0.2, 0.25) is 0 Å². The van der Waals surface area contributed by atoms with Gasteiger partial charge in [0, 0.05) is 11.8 Å². The van der Waals surface area contributed by atoms with E-state index in [4.69, 9.17) is 9.47 Å². The number of carbonyl (C=O) groups excluding carboxylic acids is 1. The molecular weight excluding hydrogens is 290 g/mol. The van der Waals surface area contributed by atoms with Crippen LogP contribution >= 0.6 is 0 Å². The van der Waals surface area contributed by atoms with E-state index < -0.39 is 6.10 Å². The summed E-state index contributed by atoms with van der Waals surface area (Å²) < 4.78 is 11.0. The molecule has 0 saturated heterocycles. The summed E-state index contributed by atoms with van der Waals surface area (Å²) >= 11 is 0. The molecule has 1 N–H and O–H groups in total. The zero-order chi connectivity index (χ0) is 16.8. The quantitative estimate of drug-likeness (QED) is 0.873. The highest BCUT2D eigenvalue weighted by Crippen LogP contribution is 2.22. The van der Waals surface area contributed by atoms with E-state index in [1.807, 2.05) is 57.2 Å². The standard InChI is InChI=1S/C19H23NO3/c1-5-18(23-16-8-6-7-15(12-16)22-4)19(21)20-17-10-9-13(2)11-14(17)3/h6-12,18H,5H2,1-4H3,(H,20,21)/t18-/m0/s1. The number of carbonyl (C=O) groups is 1. The summed E-state index contributed by atoms with van der Waals surface area (Å²) in [5.41, 5.74) is 3.02. The number of anilines is 1. The van der Waals surface area contributed by atoms with Crippen LogP contribution in [0.3, 0.4) is 0 Å². The molecule has 2 rings (SSSR count). The van der Waals surface area contributed by atoms with Crippen molar-refractivity contribution in [2.75, 3.05) is 12.4 Å². The largest absolute Gasteiger partial charge is 0.497 e. The van der Waals surface area contributed by atoms with Crippen LogP contribution in [-0.2, 0) is 4.79 Å². The van der Waals surface area contributed by atoms with Crippen molar-refractivity contribution in [3.63, 3.8) is 0 Å². The van der Waals surface area contributed by atoms with Gasteiger partial charge in [-0.15, -0.1) is 0 Å². The van der Waals surface area contributed by atoms with Gasteiger partial charge in [0.2, 0.25) is 0 Å². The number of ether oxygens (including phenoxy) is 2. The lowest BCUT2D eigenvalue weighted by molar-refractivity contribution is -0.122. The second-order valence-corrected chi connectivity index (χ2v) is 5.50. The van der Waals surface area contributed by atoms with Gasteiger partial charge in [0.15, 0.2) is 6.10 Å². The number of hydrogen-bond acceptors (Lipinski definition) is 3. The molecule has 0 unspecified atom stereocenters. The number of nitrogens with one attached hydrogen (secondary N) is 1. The summed E-state index contributed by atoms with van der Waals surface area (Å²) in [5, 5.41) is 2.94. The number of rotatable bonds is 6. The van der Waals surface area contributed by atoms with Gasteiger partial charge in [0.05, 0.1) is 7.11 Å². The average Bonchev–Trinajstić information content (AvgIpc) is 2.55. The molecule has 1 amide bonds. The SMILES string of the molecule is CC[C@H](Oc1cccc(OC)c1)C(=O)Nc1ccc(C)cc1C. The molecule has 0 aromatic heterocycles. The normalized spacial score (nSPS) is 11.7. The fourth-order valence-electron chi connectivity index (χ4n) is 2.33. The molecule has 122 valence electrons. The minimum atomic E-state index is -0.553. The van der Waals surface area contributed by atoms with Gasteiger partial charge in [0.25, 0.3) is 5.91 Å². The van der Waals surface area contributed by atoms with Gasteiger partial charge >= 0.3 is 0 Å². The van der Waals surface area contributed by atoms with Gasteiger partial charge in [-0.1, -0.05) is 30.7 Å². The van der Waals surface area contributed by atoms with Gasteiger partial charge in [0.1, 0.15) is 11.5 Å². The van der Waals surface area contributed by atoms with Crippen molar-refractivity contribution in [3.05, 3.63) is 53.6 Å². The van der Waals surface area contributed by atoms with E-state index in [-0.39, 0.29) is 5.91 Å². The summed E-state index contributed by atoms with van der Waals surface area (Å²) in [7, 11) is 1.60. The summed E-state index contributed by atoms with van der Waals surface area (Å²) in [6.07, 6.45) is 0.0244. The summed E-state index contributed by atoms with van der Waals surface area (Å²) in [5.74, 6) is 1.17. The average molecular weight is 313 g/mol. The van der Waals surface area contributed by atoms with Gasteiger partial charge < -0.3 is 14.8 Å². The zero-order valence-corrected chi connectivity index (χ0v) is 14.1. The Morgan fingerprint density at radius 1 is 1.13 bits per heavy atom. The number of methoxy groups -OCH3 is 1. The maximum absolute atomic E-state index is 12.5. The molecule has 0 saturated carbocycles. The molecule has 0 aliphatic carbocycles. The summed E-state index contributed by atoms with van der Waals surface area (Å²) in [6.45, 7) is 5.93. The third-order valence-corrected chi connectivity index (χ3v) is 3.62. The lowest BCUT2D eigenvalue weighted by atomic mass is 10.1. The molecular formula is C19H23NO3. The number of amides is 1. The van der Waals surface area contributed by atoms with E-state index in [0.717, 1.165) is 11.3 Å². The van der Waals surface area contributed by atoms with E-state index in [1.54, 1.807) is 13.2 Å². The molecule has 0 spiro atoms. The topological polar surface area (TPSA) is 47.6 Å². The first-order chi connectivity index (χ1) is 11.0. The van der Waals surface area contributed by atoms with E-state index in [2.05, 4.69) is 5.32 Å². The molecule has 2 aromatic carbocycles. The van der Waals surface area contributed by atoms with E-state index in [1.165, 1.54) is 5.56 Å². The molecule has 4 heteroatoms. The molecule has 0 bridgehead atoms. The third-order valence-electron chi connectivity index (χ3n) is 3.62. The van der Waals surface area contributed by atoms with E-state index in [9.17, 15) is 4.79 Å². The van der Waals surface area contributed by atoms with Crippen molar-refractivity contribution in [2.45, 2.75) is 33.3 Å². The Kier molecular flexibility index (Phi) is 5.63. The Balaban J connectivity index is 2.08. The number of benzene rings is 2. The molecule has 0 heterocycles. The molecule has 23 heavy (non-hydrogen) atoms. The van der Waals surface area contributed by atoms with Crippen LogP contribution in [0, 0.1) is 13.8 Å². The highest BCUT2D eigenvalue weighted by molar-refractivity contribution is 5.95. The number of aryl methyl sites for hydroxylation is 2. The van der Waals surface area contributed by atoms with Gasteiger partial charge in [-0.05, 0) is 44.0 Å². The lowest BCUT2D eigenvalue weighted by Gasteiger charge is -2.18. The molecule has 2 aromatic rings. The molecule has 0 aliphatic heterocycles. The Labute approximate surface area is 137 Å². The van der Waals surface area contributed by atoms with Crippen LogP contribution in [0.15, 0.2) is 42.5 Å².